The summed E-state index contributed by atoms with van der Waals surface area (Å²) in [5, 5.41) is 5.07. The van der Waals surface area contributed by atoms with Gasteiger partial charge in [-0.05, 0) is 34.7 Å². The maximum Gasteiger partial charge on any atom is 0.263 e. The minimum absolute atomic E-state index is 0.0590. The smallest absolute Gasteiger partial charge is 0.263 e. The van der Waals surface area contributed by atoms with Crippen LogP contribution in [-0.4, -0.2) is 18.2 Å². The van der Waals surface area contributed by atoms with E-state index in [1.165, 1.54) is 0 Å². The lowest BCUT2D eigenvalue weighted by atomic mass is 9.87. The van der Waals surface area contributed by atoms with Gasteiger partial charge < -0.3 is 0 Å². The number of anilines is 1. The molecule has 0 bridgehead atoms. The quantitative estimate of drug-likeness (QED) is 0.585. The van der Waals surface area contributed by atoms with Crippen molar-refractivity contribution < 1.29 is 8.42 Å². The average Bonchev–Trinajstić information content (AvgIpc) is 2.95. The molecule has 0 atom stereocenters. The van der Waals surface area contributed by atoms with E-state index in [1.54, 1.807) is 29.1 Å². The lowest BCUT2D eigenvalue weighted by Gasteiger charge is -2.19. The van der Waals surface area contributed by atoms with Gasteiger partial charge in [0.25, 0.3) is 10.0 Å². The molecule has 3 aromatic rings. The average molecular weight is 438 g/mol. The van der Waals surface area contributed by atoms with Crippen molar-refractivity contribution in [1.29, 1.82) is 0 Å². The predicted octanol–water partition coefficient (Wildman–Crippen LogP) is 5.34. The van der Waals surface area contributed by atoms with Crippen molar-refractivity contribution in [2.75, 3.05) is 4.72 Å². The molecule has 0 unspecified atom stereocenters. The third kappa shape index (κ3) is 4.69. The van der Waals surface area contributed by atoms with Gasteiger partial charge in [0.1, 0.15) is 5.02 Å². The highest BCUT2D eigenvalue weighted by atomic mass is 35.5. The maximum absolute atomic E-state index is 12.7. The summed E-state index contributed by atoms with van der Waals surface area (Å²) in [4.78, 5) is 0.150. The molecule has 0 aliphatic heterocycles. The van der Waals surface area contributed by atoms with E-state index in [9.17, 15) is 8.42 Å². The molecule has 5 nitrogen and oxygen atoms in total. The Bertz CT molecular complexity index is 1090. The van der Waals surface area contributed by atoms with Crippen LogP contribution in [0.2, 0.25) is 10.0 Å². The van der Waals surface area contributed by atoms with Gasteiger partial charge in [-0.15, -0.1) is 0 Å². The summed E-state index contributed by atoms with van der Waals surface area (Å²) in [7, 11) is -3.80. The summed E-state index contributed by atoms with van der Waals surface area (Å²) < 4.78 is 29.4. The molecule has 0 spiro atoms. The normalized spacial score (nSPS) is 12.2. The van der Waals surface area contributed by atoms with E-state index in [4.69, 9.17) is 23.2 Å². The lowest BCUT2D eigenvalue weighted by Crippen LogP contribution is -2.15. The second-order valence-corrected chi connectivity index (χ2v) is 9.99. The van der Waals surface area contributed by atoms with Crippen LogP contribution in [0, 0.1) is 0 Å². The number of hydrogen-bond acceptors (Lipinski definition) is 3. The van der Waals surface area contributed by atoms with Crippen LogP contribution >= 0.6 is 23.2 Å². The Balaban J connectivity index is 1.81. The van der Waals surface area contributed by atoms with Crippen molar-refractivity contribution in [3.8, 4) is 0 Å². The minimum Gasteiger partial charge on any atom is -0.265 e. The predicted molar refractivity (Wildman–Crippen MR) is 114 cm³/mol. The molecule has 0 aliphatic rings. The second kappa shape index (κ2) is 7.78. The van der Waals surface area contributed by atoms with Crippen molar-refractivity contribution in [3.05, 3.63) is 75.9 Å². The summed E-state index contributed by atoms with van der Waals surface area (Å²) in [6, 6.07) is 14.2. The van der Waals surface area contributed by atoms with Crippen LogP contribution in [-0.2, 0) is 22.0 Å². The molecule has 0 saturated carbocycles. The van der Waals surface area contributed by atoms with Crippen LogP contribution in [0.5, 0.6) is 0 Å². The summed E-state index contributed by atoms with van der Waals surface area (Å²) in [6.07, 6.45) is 1.56. The molecule has 0 saturated heterocycles. The number of sulfonamides is 1. The van der Waals surface area contributed by atoms with E-state index in [2.05, 4.69) is 30.6 Å². The first kappa shape index (κ1) is 20.7. The molecule has 0 radical (unpaired) electrons. The van der Waals surface area contributed by atoms with E-state index in [0.717, 1.165) is 11.1 Å². The molecule has 148 valence electrons. The third-order valence-corrected chi connectivity index (χ3v) is 6.27. The maximum atomic E-state index is 12.7. The fourth-order valence-corrected chi connectivity index (χ4v) is 4.14. The van der Waals surface area contributed by atoms with Gasteiger partial charge in [0, 0.05) is 11.2 Å². The third-order valence-electron chi connectivity index (χ3n) is 4.27. The first-order valence-corrected chi connectivity index (χ1v) is 10.9. The highest BCUT2D eigenvalue weighted by Gasteiger charge is 2.20. The minimum atomic E-state index is -3.80. The van der Waals surface area contributed by atoms with Crippen molar-refractivity contribution in [1.82, 2.24) is 9.78 Å². The molecule has 1 heterocycles. The number of nitrogens with one attached hydrogen (secondary N) is 1. The van der Waals surface area contributed by atoms with E-state index < -0.39 is 10.0 Å². The zero-order valence-corrected chi connectivity index (χ0v) is 18.1. The van der Waals surface area contributed by atoms with Crippen LogP contribution in [0.15, 0.2) is 59.6 Å². The van der Waals surface area contributed by atoms with Gasteiger partial charge in [0.15, 0.2) is 5.82 Å². The Morgan fingerprint density at radius 2 is 1.64 bits per heavy atom. The van der Waals surface area contributed by atoms with E-state index in [1.807, 2.05) is 30.3 Å². The van der Waals surface area contributed by atoms with Crippen molar-refractivity contribution >= 4 is 39.0 Å². The lowest BCUT2D eigenvalue weighted by molar-refractivity contribution is 0.587. The molecule has 28 heavy (non-hydrogen) atoms. The van der Waals surface area contributed by atoms with E-state index >= 15 is 0 Å². The van der Waals surface area contributed by atoms with Crippen molar-refractivity contribution in [2.45, 2.75) is 37.6 Å². The largest absolute Gasteiger partial charge is 0.265 e. The van der Waals surface area contributed by atoms with E-state index in [0.29, 0.717) is 11.6 Å². The topological polar surface area (TPSA) is 64.0 Å². The fourth-order valence-electron chi connectivity index (χ4n) is 2.67. The Morgan fingerprint density at radius 3 is 2.25 bits per heavy atom. The standard InChI is InChI=1S/C20H21Cl2N3O2S/c1-20(2,3)15-8-10-16(11-9-15)28(26,27)24-19-18(22)13-25(23-19)12-14-6-4-5-7-17(14)21/h4-11,13H,12H2,1-3H3,(H,23,24). The molecule has 2 aromatic carbocycles. The first-order chi connectivity index (χ1) is 13.1. The number of hydrogen-bond donors (Lipinski definition) is 1. The Morgan fingerprint density at radius 1 is 1.00 bits per heavy atom. The summed E-state index contributed by atoms with van der Waals surface area (Å²) >= 11 is 12.4. The van der Waals surface area contributed by atoms with Crippen molar-refractivity contribution in [3.63, 3.8) is 0 Å². The van der Waals surface area contributed by atoms with E-state index in [-0.39, 0.29) is 21.2 Å². The monoisotopic (exact) mass is 437 g/mol. The number of aromatic nitrogens is 2. The molecule has 3 rings (SSSR count). The molecule has 1 N–H and O–H groups in total. The summed E-state index contributed by atoms with van der Waals surface area (Å²) in [5.41, 5.74) is 1.85. The van der Waals surface area contributed by atoms with Gasteiger partial charge >= 0.3 is 0 Å². The highest BCUT2D eigenvalue weighted by Crippen LogP contribution is 2.26. The van der Waals surface area contributed by atoms with Gasteiger partial charge in [0.05, 0.1) is 11.4 Å². The molecule has 0 amide bonds. The Kier molecular flexibility index (Phi) is 5.75. The second-order valence-electron chi connectivity index (χ2n) is 7.49. The fraction of sp³-hybridized carbons (Fsp3) is 0.250. The number of benzene rings is 2. The number of rotatable bonds is 5. The van der Waals surface area contributed by atoms with Crippen molar-refractivity contribution in [2.24, 2.45) is 0 Å². The molecule has 0 aliphatic carbocycles. The van der Waals surface area contributed by atoms with Crippen LogP contribution < -0.4 is 4.72 Å². The van der Waals surface area contributed by atoms with Gasteiger partial charge in [-0.25, -0.2) is 8.42 Å². The molecular formula is C20H21Cl2N3O2S. The Labute approximate surface area is 175 Å². The Hall–Kier alpha value is -2.02. The molecule has 0 fully saturated rings. The molecular weight excluding hydrogens is 417 g/mol. The van der Waals surface area contributed by atoms with Gasteiger partial charge in [-0.2, -0.15) is 5.10 Å². The van der Waals surface area contributed by atoms with Crippen LogP contribution in [0.4, 0.5) is 5.82 Å². The summed E-state index contributed by atoms with van der Waals surface area (Å²) in [5.74, 6) is 0.0774. The van der Waals surface area contributed by atoms with Gasteiger partial charge in [-0.3, -0.25) is 9.40 Å². The first-order valence-electron chi connectivity index (χ1n) is 8.66. The summed E-state index contributed by atoms with van der Waals surface area (Å²) in [6.45, 7) is 6.59. The van der Waals surface area contributed by atoms with Crippen LogP contribution in [0.25, 0.3) is 0 Å². The van der Waals surface area contributed by atoms with Gasteiger partial charge in [0.2, 0.25) is 0 Å². The number of halogens is 2. The van der Waals surface area contributed by atoms with Crippen LogP contribution in [0.3, 0.4) is 0 Å². The zero-order valence-electron chi connectivity index (χ0n) is 15.8. The van der Waals surface area contributed by atoms with Crippen LogP contribution in [0.1, 0.15) is 31.9 Å². The molecule has 8 heteroatoms. The zero-order chi connectivity index (χ0) is 20.5. The highest BCUT2D eigenvalue weighted by molar-refractivity contribution is 7.92. The SMILES string of the molecule is CC(C)(C)c1ccc(S(=O)(=O)Nc2nn(Cc3ccccc3Cl)cc2Cl)cc1. The number of nitrogens with zero attached hydrogens (tertiary/aromatic N) is 2. The van der Waals surface area contributed by atoms with Gasteiger partial charge in [-0.1, -0.05) is 74.3 Å². The molecule has 1 aromatic heterocycles.